The van der Waals surface area contributed by atoms with Crippen molar-refractivity contribution in [2.24, 2.45) is 4.99 Å². The Morgan fingerprint density at radius 2 is 2.27 bits per heavy atom. The molecule has 2 saturated heterocycles. The molecule has 26 heavy (non-hydrogen) atoms. The summed E-state index contributed by atoms with van der Waals surface area (Å²) in [5.41, 5.74) is 0.845. The van der Waals surface area contributed by atoms with E-state index in [0.29, 0.717) is 12.6 Å². The normalized spacial score (nSPS) is 23.5. The first kappa shape index (κ1) is 19.3. The number of nitrogens with zero attached hydrogens (tertiary/aromatic N) is 5. The minimum absolute atomic E-state index is 0. The van der Waals surface area contributed by atoms with Gasteiger partial charge in [0.15, 0.2) is 17.4 Å². The molecular weight excluding hydrogens is 445 g/mol. The second-order valence-corrected chi connectivity index (χ2v) is 6.60. The van der Waals surface area contributed by atoms with Gasteiger partial charge in [-0.05, 0) is 31.5 Å². The van der Waals surface area contributed by atoms with Crippen LogP contribution in [0.25, 0.3) is 5.65 Å². The van der Waals surface area contributed by atoms with Gasteiger partial charge in [0, 0.05) is 32.4 Å². The van der Waals surface area contributed by atoms with Crippen LogP contribution >= 0.6 is 24.0 Å². The minimum Gasteiger partial charge on any atom is -0.373 e. The average Bonchev–Trinajstić information content (AvgIpc) is 3.28. The molecular formula is C17H26IN7O. The monoisotopic (exact) mass is 471 g/mol. The molecule has 2 aliphatic rings. The predicted octanol–water partition coefficient (Wildman–Crippen LogP) is 0.875. The van der Waals surface area contributed by atoms with E-state index in [1.807, 2.05) is 28.8 Å². The van der Waals surface area contributed by atoms with E-state index in [1.165, 1.54) is 19.4 Å². The molecule has 2 unspecified atom stereocenters. The molecule has 142 valence electrons. The molecule has 0 saturated carbocycles. The van der Waals surface area contributed by atoms with Gasteiger partial charge < -0.3 is 15.4 Å². The van der Waals surface area contributed by atoms with E-state index in [4.69, 9.17) is 4.74 Å². The first-order valence-corrected chi connectivity index (χ1v) is 8.92. The van der Waals surface area contributed by atoms with Crippen molar-refractivity contribution in [2.45, 2.75) is 31.5 Å². The maximum atomic E-state index is 5.98. The second kappa shape index (κ2) is 8.96. The number of hydrogen-bond acceptors (Lipinski definition) is 5. The zero-order valence-corrected chi connectivity index (χ0v) is 17.3. The number of morpholine rings is 1. The van der Waals surface area contributed by atoms with Crippen molar-refractivity contribution < 1.29 is 4.74 Å². The molecule has 4 heterocycles. The van der Waals surface area contributed by atoms with Crippen LogP contribution in [0.3, 0.4) is 0 Å². The summed E-state index contributed by atoms with van der Waals surface area (Å²) in [6.45, 7) is 4.37. The van der Waals surface area contributed by atoms with E-state index in [0.717, 1.165) is 37.1 Å². The third-order valence-electron chi connectivity index (χ3n) is 4.98. The summed E-state index contributed by atoms with van der Waals surface area (Å²) in [6.07, 6.45) is 4.74. The van der Waals surface area contributed by atoms with E-state index < -0.39 is 0 Å². The van der Waals surface area contributed by atoms with Crippen LogP contribution in [-0.4, -0.2) is 70.9 Å². The maximum absolute atomic E-state index is 5.98. The standard InChI is InChI=1S/C17H25N7O.HI/c1-18-17(19-9-14-11-23-7-4-5-13(23)12-25-14)20-10-16-22-21-15-6-2-3-8-24(15)16;/h2-3,6,8,13-14H,4-5,7,9-12H2,1H3,(H2,18,19,20);1H. The topological polar surface area (TPSA) is 79.1 Å². The maximum Gasteiger partial charge on any atom is 0.191 e. The van der Waals surface area contributed by atoms with Gasteiger partial charge in [-0.1, -0.05) is 6.07 Å². The van der Waals surface area contributed by atoms with Gasteiger partial charge in [-0.15, -0.1) is 34.2 Å². The van der Waals surface area contributed by atoms with Crippen LogP contribution in [-0.2, 0) is 11.3 Å². The molecule has 2 aromatic rings. The summed E-state index contributed by atoms with van der Waals surface area (Å²) >= 11 is 0. The molecule has 9 heteroatoms. The summed E-state index contributed by atoms with van der Waals surface area (Å²) in [7, 11) is 1.77. The number of nitrogens with one attached hydrogen (secondary N) is 2. The van der Waals surface area contributed by atoms with Crippen molar-refractivity contribution >= 4 is 35.6 Å². The van der Waals surface area contributed by atoms with Crippen LogP contribution in [0.15, 0.2) is 29.4 Å². The van der Waals surface area contributed by atoms with Crippen molar-refractivity contribution in [3.05, 3.63) is 30.2 Å². The first-order chi connectivity index (χ1) is 12.3. The Bertz CT molecular complexity index is 750. The lowest BCUT2D eigenvalue weighted by Gasteiger charge is -2.35. The van der Waals surface area contributed by atoms with Crippen LogP contribution < -0.4 is 10.6 Å². The Kier molecular flexibility index (Phi) is 6.65. The molecule has 0 amide bonds. The fourth-order valence-electron chi connectivity index (χ4n) is 3.61. The van der Waals surface area contributed by atoms with E-state index in [9.17, 15) is 0 Å². The Morgan fingerprint density at radius 1 is 1.35 bits per heavy atom. The second-order valence-electron chi connectivity index (χ2n) is 6.60. The molecule has 0 spiro atoms. The Morgan fingerprint density at radius 3 is 3.15 bits per heavy atom. The Balaban J connectivity index is 0.00000196. The number of guanidine groups is 1. The van der Waals surface area contributed by atoms with Crippen molar-refractivity contribution in [1.29, 1.82) is 0 Å². The fraction of sp³-hybridized carbons (Fsp3) is 0.588. The van der Waals surface area contributed by atoms with Crippen LogP contribution in [0.4, 0.5) is 0 Å². The number of pyridine rings is 1. The predicted molar refractivity (Wildman–Crippen MR) is 111 cm³/mol. The highest BCUT2D eigenvalue weighted by Gasteiger charge is 2.32. The van der Waals surface area contributed by atoms with Crippen molar-refractivity contribution in [3.63, 3.8) is 0 Å². The van der Waals surface area contributed by atoms with Crippen LogP contribution in [0, 0.1) is 0 Å². The van der Waals surface area contributed by atoms with Gasteiger partial charge in [0.05, 0.1) is 19.3 Å². The number of aromatic nitrogens is 3. The molecule has 0 radical (unpaired) electrons. The molecule has 2 aliphatic heterocycles. The molecule has 0 aromatic carbocycles. The highest BCUT2D eigenvalue weighted by atomic mass is 127. The number of fused-ring (bicyclic) bond motifs is 2. The SMILES string of the molecule is CN=C(NCc1nnc2ccccn12)NCC1CN2CCCC2CO1.I. The van der Waals surface area contributed by atoms with Gasteiger partial charge >= 0.3 is 0 Å². The molecule has 0 aliphatic carbocycles. The van der Waals surface area contributed by atoms with Crippen molar-refractivity contribution in [1.82, 2.24) is 30.1 Å². The largest absolute Gasteiger partial charge is 0.373 e. The van der Waals surface area contributed by atoms with Gasteiger partial charge in [-0.3, -0.25) is 14.3 Å². The van der Waals surface area contributed by atoms with Crippen LogP contribution in [0.1, 0.15) is 18.7 Å². The van der Waals surface area contributed by atoms with Gasteiger partial charge in [-0.2, -0.15) is 0 Å². The summed E-state index contributed by atoms with van der Waals surface area (Å²) in [5.74, 6) is 1.60. The molecule has 2 aromatic heterocycles. The lowest BCUT2D eigenvalue weighted by atomic mass is 10.2. The summed E-state index contributed by atoms with van der Waals surface area (Å²) in [4.78, 5) is 6.84. The molecule has 2 N–H and O–H groups in total. The zero-order chi connectivity index (χ0) is 17.1. The Labute approximate surface area is 170 Å². The zero-order valence-electron chi connectivity index (χ0n) is 15.0. The van der Waals surface area contributed by atoms with E-state index >= 15 is 0 Å². The van der Waals surface area contributed by atoms with E-state index in [-0.39, 0.29) is 30.1 Å². The van der Waals surface area contributed by atoms with E-state index in [2.05, 4.69) is 30.7 Å². The smallest absolute Gasteiger partial charge is 0.191 e. The van der Waals surface area contributed by atoms with Gasteiger partial charge in [0.25, 0.3) is 0 Å². The number of aliphatic imine (C=N–C) groups is 1. The Hall–Kier alpha value is -1.46. The number of rotatable bonds is 4. The number of halogens is 1. The lowest BCUT2D eigenvalue weighted by Crippen LogP contribution is -2.51. The lowest BCUT2D eigenvalue weighted by molar-refractivity contribution is -0.0453. The average molecular weight is 471 g/mol. The highest BCUT2D eigenvalue weighted by molar-refractivity contribution is 14.0. The molecule has 2 fully saturated rings. The third kappa shape index (κ3) is 4.26. The summed E-state index contributed by atoms with van der Waals surface area (Å²) in [6, 6.07) is 6.50. The van der Waals surface area contributed by atoms with Crippen LogP contribution in [0.5, 0.6) is 0 Å². The third-order valence-corrected chi connectivity index (χ3v) is 4.98. The molecule has 4 rings (SSSR count). The molecule has 8 nitrogen and oxygen atoms in total. The molecule has 0 bridgehead atoms. The molecule has 2 atom stereocenters. The number of ether oxygens (including phenoxy) is 1. The van der Waals surface area contributed by atoms with Crippen molar-refractivity contribution in [2.75, 3.05) is 33.3 Å². The number of hydrogen-bond donors (Lipinski definition) is 2. The van der Waals surface area contributed by atoms with Gasteiger partial charge in [0.1, 0.15) is 0 Å². The van der Waals surface area contributed by atoms with Crippen molar-refractivity contribution in [3.8, 4) is 0 Å². The summed E-state index contributed by atoms with van der Waals surface area (Å²) < 4.78 is 7.95. The quantitative estimate of drug-likeness (QED) is 0.392. The summed E-state index contributed by atoms with van der Waals surface area (Å²) in [5, 5.41) is 15.0. The van der Waals surface area contributed by atoms with E-state index in [1.54, 1.807) is 7.05 Å². The first-order valence-electron chi connectivity index (χ1n) is 8.92. The van der Waals surface area contributed by atoms with Gasteiger partial charge in [0.2, 0.25) is 0 Å². The fourth-order valence-corrected chi connectivity index (χ4v) is 3.61. The van der Waals surface area contributed by atoms with Crippen LogP contribution in [0.2, 0.25) is 0 Å². The minimum atomic E-state index is 0. The highest BCUT2D eigenvalue weighted by Crippen LogP contribution is 2.22. The van der Waals surface area contributed by atoms with Gasteiger partial charge in [-0.25, -0.2) is 0 Å².